The Balaban J connectivity index is 2.12. The van der Waals surface area contributed by atoms with Gasteiger partial charge in [0.25, 0.3) is 0 Å². The monoisotopic (exact) mass is 282 g/mol. The smallest absolute Gasteiger partial charge is 0.325 e. The van der Waals surface area contributed by atoms with Crippen LogP contribution in [0.5, 0.6) is 0 Å². The van der Waals surface area contributed by atoms with Crippen LogP contribution in [0.4, 0.5) is 0 Å². The lowest BCUT2D eigenvalue weighted by molar-refractivity contribution is -0.147. The molecule has 1 aliphatic carbocycles. The summed E-state index contributed by atoms with van der Waals surface area (Å²) < 4.78 is 0. The van der Waals surface area contributed by atoms with E-state index in [1.165, 1.54) is 12.8 Å². The van der Waals surface area contributed by atoms with Crippen LogP contribution in [0.3, 0.4) is 0 Å². The van der Waals surface area contributed by atoms with Crippen LogP contribution >= 0.6 is 0 Å². The number of carboxylic acids is 1. The van der Waals surface area contributed by atoms with E-state index in [4.69, 9.17) is 0 Å². The lowest BCUT2D eigenvalue weighted by Gasteiger charge is -2.38. The first-order valence-corrected chi connectivity index (χ1v) is 8.23. The Morgan fingerprint density at radius 3 is 2.60 bits per heavy atom. The topological polar surface area (TPSA) is 52.6 Å². The van der Waals surface area contributed by atoms with Crippen molar-refractivity contribution in [1.29, 1.82) is 0 Å². The minimum absolute atomic E-state index is 0.319. The molecule has 4 nitrogen and oxygen atoms in total. The lowest BCUT2D eigenvalue weighted by atomic mass is 9.90. The van der Waals surface area contributed by atoms with Gasteiger partial charge in [0.05, 0.1) is 0 Å². The first kappa shape index (κ1) is 15.8. The summed E-state index contributed by atoms with van der Waals surface area (Å²) in [5.41, 5.74) is -0.715. The number of hydrogen-bond acceptors (Lipinski definition) is 3. The van der Waals surface area contributed by atoms with E-state index in [1.54, 1.807) is 0 Å². The third kappa shape index (κ3) is 3.17. The van der Waals surface area contributed by atoms with E-state index in [-0.39, 0.29) is 0 Å². The molecule has 2 fully saturated rings. The molecule has 2 rings (SSSR count). The fraction of sp³-hybridized carbons (Fsp3) is 0.938. The quantitative estimate of drug-likeness (QED) is 0.717. The highest BCUT2D eigenvalue weighted by Crippen LogP contribution is 2.41. The summed E-state index contributed by atoms with van der Waals surface area (Å²) in [6.07, 6.45) is 5.52. The molecule has 1 saturated heterocycles. The molecular weight excluding hydrogens is 252 g/mol. The Hall–Kier alpha value is -0.610. The fourth-order valence-corrected chi connectivity index (χ4v) is 3.69. The third-order valence-electron chi connectivity index (χ3n) is 4.98. The van der Waals surface area contributed by atoms with Crippen LogP contribution in [0, 0.1) is 11.8 Å². The maximum Gasteiger partial charge on any atom is 0.325 e. The molecule has 2 N–H and O–H groups in total. The minimum Gasteiger partial charge on any atom is -0.480 e. The van der Waals surface area contributed by atoms with Crippen molar-refractivity contribution in [2.24, 2.45) is 11.8 Å². The van der Waals surface area contributed by atoms with E-state index < -0.39 is 11.5 Å². The van der Waals surface area contributed by atoms with Crippen LogP contribution in [0.15, 0.2) is 0 Å². The highest BCUT2D eigenvalue weighted by Gasteiger charge is 2.52. The van der Waals surface area contributed by atoms with Gasteiger partial charge in [0.1, 0.15) is 5.54 Å². The van der Waals surface area contributed by atoms with Crippen molar-refractivity contribution in [2.45, 2.75) is 64.5 Å². The lowest BCUT2D eigenvalue weighted by Crippen LogP contribution is -2.61. The Labute approximate surface area is 122 Å². The van der Waals surface area contributed by atoms with Gasteiger partial charge in [-0.2, -0.15) is 0 Å². The second-order valence-electron chi connectivity index (χ2n) is 6.90. The van der Waals surface area contributed by atoms with Crippen molar-refractivity contribution < 1.29 is 9.90 Å². The number of nitrogens with zero attached hydrogens (tertiary/aromatic N) is 1. The number of aliphatic carboxylic acids is 1. The molecule has 2 atom stereocenters. The number of carboxylic acid groups (broad SMARTS) is 1. The van der Waals surface area contributed by atoms with E-state index in [9.17, 15) is 9.90 Å². The van der Waals surface area contributed by atoms with Crippen molar-refractivity contribution in [3.63, 3.8) is 0 Å². The van der Waals surface area contributed by atoms with Gasteiger partial charge in [-0.15, -0.1) is 0 Å². The van der Waals surface area contributed by atoms with Crippen LogP contribution in [-0.4, -0.2) is 47.2 Å². The summed E-state index contributed by atoms with van der Waals surface area (Å²) in [7, 11) is 0. The minimum atomic E-state index is -0.715. The van der Waals surface area contributed by atoms with E-state index in [0.717, 1.165) is 32.4 Å². The SMILES string of the molecule is CCCNC(CN1CCCC1C(C)C)(C(=O)O)C1CC1. The molecule has 1 heterocycles. The first-order chi connectivity index (χ1) is 9.51. The molecule has 0 aromatic carbocycles. The number of carbonyl (C=O) groups is 1. The van der Waals surface area contributed by atoms with E-state index in [1.807, 2.05) is 0 Å². The highest BCUT2D eigenvalue weighted by molar-refractivity contribution is 5.80. The number of nitrogens with one attached hydrogen (secondary N) is 1. The van der Waals surface area contributed by atoms with Gasteiger partial charge in [-0.05, 0) is 57.0 Å². The summed E-state index contributed by atoms with van der Waals surface area (Å²) in [5.74, 6) is 0.275. The van der Waals surface area contributed by atoms with Crippen LogP contribution in [-0.2, 0) is 4.79 Å². The molecule has 0 radical (unpaired) electrons. The Kier molecular flexibility index (Phi) is 5.08. The van der Waals surface area contributed by atoms with Gasteiger partial charge in [0.2, 0.25) is 0 Å². The highest BCUT2D eigenvalue weighted by atomic mass is 16.4. The summed E-state index contributed by atoms with van der Waals surface area (Å²) in [6, 6.07) is 0.552. The summed E-state index contributed by atoms with van der Waals surface area (Å²) in [5, 5.41) is 13.2. The molecule has 0 amide bonds. The number of rotatable bonds is 8. The Morgan fingerprint density at radius 2 is 2.10 bits per heavy atom. The van der Waals surface area contributed by atoms with Crippen LogP contribution in [0.1, 0.15) is 52.9 Å². The molecule has 1 saturated carbocycles. The van der Waals surface area contributed by atoms with E-state index in [0.29, 0.717) is 24.4 Å². The van der Waals surface area contributed by atoms with Gasteiger partial charge in [-0.1, -0.05) is 20.8 Å². The largest absolute Gasteiger partial charge is 0.480 e. The maximum absolute atomic E-state index is 12.0. The zero-order valence-electron chi connectivity index (χ0n) is 13.2. The molecule has 2 unspecified atom stereocenters. The molecule has 0 spiro atoms. The molecule has 0 bridgehead atoms. The van der Waals surface area contributed by atoms with E-state index >= 15 is 0 Å². The van der Waals surface area contributed by atoms with Crippen molar-refractivity contribution in [3.8, 4) is 0 Å². The maximum atomic E-state index is 12.0. The second-order valence-corrected chi connectivity index (χ2v) is 6.90. The zero-order chi connectivity index (χ0) is 14.8. The van der Waals surface area contributed by atoms with E-state index in [2.05, 4.69) is 31.0 Å². The van der Waals surface area contributed by atoms with Gasteiger partial charge in [0.15, 0.2) is 0 Å². The van der Waals surface area contributed by atoms with Crippen molar-refractivity contribution in [1.82, 2.24) is 10.2 Å². The summed E-state index contributed by atoms with van der Waals surface area (Å²) in [6.45, 7) is 9.13. The van der Waals surface area contributed by atoms with Crippen LogP contribution in [0.25, 0.3) is 0 Å². The average Bonchev–Trinajstić information content (AvgIpc) is 3.14. The normalized spacial score (nSPS) is 26.9. The molecule has 0 aromatic heterocycles. The molecular formula is C16H30N2O2. The third-order valence-corrected chi connectivity index (χ3v) is 4.98. The average molecular weight is 282 g/mol. The van der Waals surface area contributed by atoms with Crippen molar-refractivity contribution in [2.75, 3.05) is 19.6 Å². The summed E-state index contributed by atoms with van der Waals surface area (Å²) >= 11 is 0. The summed E-state index contributed by atoms with van der Waals surface area (Å²) in [4.78, 5) is 14.4. The predicted octanol–water partition coefficient (Wildman–Crippen LogP) is 2.34. The molecule has 1 aliphatic heterocycles. The number of likely N-dealkylation sites (tertiary alicyclic amines) is 1. The molecule has 116 valence electrons. The molecule has 4 heteroatoms. The van der Waals surface area contributed by atoms with Crippen molar-refractivity contribution >= 4 is 5.97 Å². The molecule has 0 aromatic rings. The number of hydrogen-bond donors (Lipinski definition) is 2. The predicted molar refractivity (Wildman–Crippen MR) is 80.8 cm³/mol. The fourth-order valence-electron chi connectivity index (χ4n) is 3.69. The standard InChI is InChI=1S/C16H30N2O2/c1-4-9-17-16(15(19)20,13-7-8-13)11-18-10-5-6-14(18)12(2)3/h12-14,17H,4-11H2,1-3H3,(H,19,20). The van der Waals surface area contributed by atoms with Crippen LogP contribution < -0.4 is 5.32 Å². The van der Waals surface area contributed by atoms with Gasteiger partial charge < -0.3 is 10.4 Å². The molecule has 2 aliphatic rings. The van der Waals surface area contributed by atoms with Gasteiger partial charge >= 0.3 is 5.97 Å². The van der Waals surface area contributed by atoms with Crippen LogP contribution in [0.2, 0.25) is 0 Å². The van der Waals surface area contributed by atoms with Gasteiger partial charge in [-0.3, -0.25) is 9.69 Å². The second kappa shape index (κ2) is 6.44. The van der Waals surface area contributed by atoms with Crippen molar-refractivity contribution in [3.05, 3.63) is 0 Å². The van der Waals surface area contributed by atoms with Gasteiger partial charge in [0, 0.05) is 12.6 Å². The Bertz CT molecular complexity index is 341. The Morgan fingerprint density at radius 1 is 1.40 bits per heavy atom. The first-order valence-electron chi connectivity index (χ1n) is 8.23. The van der Waals surface area contributed by atoms with Gasteiger partial charge in [-0.25, -0.2) is 0 Å². The zero-order valence-corrected chi connectivity index (χ0v) is 13.2. The molecule has 20 heavy (non-hydrogen) atoms.